The third-order valence-electron chi connectivity index (χ3n) is 3.83. The van der Waals surface area contributed by atoms with Gasteiger partial charge >= 0.3 is 0 Å². The van der Waals surface area contributed by atoms with Gasteiger partial charge in [0.2, 0.25) is 5.88 Å². The molecule has 0 saturated heterocycles. The SMILES string of the molecule is COC1=C(C#N)Cc2c([nH]c3cc(OC)c(OC)cc23)C(=O)N1. The molecule has 2 heterocycles. The summed E-state index contributed by atoms with van der Waals surface area (Å²) in [7, 11) is 4.51. The minimum atomic E-state index is -0.351. The number of allylic oxidation sites excluding steroid dienone is 1. The summed E-state index contributed by atoms with van der Waals surface area (Å²) in [6.45, 7) is 0. The monoisotopic (exact) mass is 313 g/mol. The Labute approximate surface area is 132 Å². The molecule has 0 bridgehead atoms. The van der Waals surface area contributed by atoms with Crippen LogP contribution in [0.4, 0.5) is 0 Å². The maximum atomic E-state index is 12.4. The topological polar surface area (TPSA) is 96.4 Å². The van der Waals surface area contributed by atoms with E-state index in [1.807, 2.05) is 0 Å². The van der Waals surface area contributed by atoms with Gasteiger partial charge in [0.05, 0.1) is 32.4 Å². The predicted octanol–water partition coefficient (Wildman–Crippen LogP) is 1.85. The molecule has 0 aliphatic carbocycles. The molecule has 0 unspecified atom stereocenters. The smallest absolute Gasteiger partial charge is 0.274 e. The summed E-state index contributed by atoms with van der Waals surface area (Å²) < 4.78 is 15.7. The lowest BCUT2D eigenvalue weighted by atomic mass is 10.0. The molecular formula is C16H15N3O4. The van der Waals surface area contributed by atoms with Crippen molar-refractivity contribution < 1.29 is 19.0 Å². The van der Waals surface area contributed by atoms with Crippen LogP contribution in [0, 0.1) is 11.3 Å². The summed E-state index contributed by atoms with van der Waals surface area (Å²) in [4.78, 5) is 15.5. The van der Waals surface area contributed by atoms with E-state index in [1.54, 1.807) is 26.4 Å². The van der Waals surface area contributed by atoms with Gasteiger partial charge in [-0.2, -0.15) is 5.26 Å². The number of H-pyrrole nitrogens is 1. The second-order valence-electron chi connectivity index (χ2n) is 4.99. The third kappa shape index (κ3) is 2.25. The molecule has 1 aromatic carbocycles. The minimum absolute atomic E-state index is 0.177. The minimum Gasteiger partial charge on any atom is -0.493 e. The quantitative estimate of drug-likeness (QED) is 0.901. The number of hydrogen-bond acceptors (Lipinski definition) is 5. The van der Waals surface area contributed by atoms with Crippen molar-refractivity contribution in [1.82, 2.24) is 10.3 Å². The number of carbonyl (C=O) groups excluding carboxylic acids is 1. The van der Waals surface area contributed by atoms with Crippen molar-refractivity contribution in [2.75, 3.05) is 21.3 Å². The lowest BCUT2D eigenvalue weighted by Crippen LogP contribution is -2.24. The van der Waals surface area contributed by atoms with E-state index in [0.717, 1.165) is 16.5 Å². The van der Waals surface area contributed by atoms with Gasteiger partial charge < -0.3 is 19.2 Å². The van der Waals surface area contributed by atoms with Crippen molar-refractivity contribution >= 4 is 16.8 Å². The summed E-state index contributed by atoms with van der Waals surface area (Å²) in [5, 5.41) is 12.7. The lowest BCUT2D eigenvalue weighted by Gasteiger charge is -2.08. The van der Waals surface area contributed by atoms with E-state index in [9.17, 15) is 10.1 Å². The molecule has 3 rings (SSSR count). The van der Waals surface area contributed by atoms with Crippen LogP contribution in [-0.4, -0.2) is 32.2 Å². The number of rotatable bonds is 3. The van der Waals surface area contributed by atoms with Crippen LogP contribution in [0.15, 0.2) is 23.6 Å². The van der Waals surface area contributed by atoms with Gasteiger partial charge in [-0.3, -0.25) is 10.1 Å². The van der Waals surface area contributed by atoms with Gasteiger partial charge in [0, 0.05) is 17.9 Å². The number of nitrogens with zero attached hydrogens (tertiary/aromatic N) is 1. The molecule has 0 atom stereocenters. The van der Waals surface area contributed by atoms with E-state index >= 15 is 0 Å². The van der Waals surface area contributed by atoms with E-state index in [-0.39, 0.29) is 18.2 Å². The number of aromatic nitrogens is 1. The fraction of sp³-hybridized carbons (Fsp3) is 0.250. The van der Waals surface area contributed by atoms with E-state index in [1.165, 1.54) is 7.11 Å². The number of benzene rings is 1. The molecule has 0 fully saturated rings. The van der Waals surface area contributed by atoms with Crippen LogP contribution in [0.1, 0.15) is 16.1 Å². The highest BCUT2D eigenvalue weighted by Gasteiger charge is 2.26. The van der Waals surface area contributed by atoms with Crippen molar-refractivity contribution in [2.24, 2.45) is 0 Å². The molecule has 1 amide bonds. The van der Waals surface area contributed by atoms with E-state index in [2.05, 4.69) is 16.4 Å². The van der Waals surface area contributed by atoms with Gasteiger partial charge in [-0.05, 0) is 11.6 Å². The first kappa shape index (κ1) is 14.8. The second kappa shape index (κ2) is 5.57. The summed E-state index contributed by atoms with van der Waals surface area (Å²) in [5.74, 6) is 0.943. The Balaban J connectivity index is 2.26. The summed E-state index contributed by atoms with van der Waals surface area (Å²) in [6, 6.07) is 5.64. The van der Waals surface area contributed by atoms with Crippen LogP contribution < -0.4 is 14.8 Å². The normalized spacial score (nSPS) is 13.9. The molecular weight excluding hydrogens is 298 g/mol. The number of methoxy groups -OCH3 is 3. The van der Waals surface area contributed by atoms with Gasteiger partial charge in [-0.25, -0.2) is 0 Å². The molecule has 118 valence electrons. The van der Waals surface area contributed by atoms with Crippen molar-refractivity contribution in [3.05, 3.63) is 34.8 Å². The number of carbonyl (C=O) groups is 1. The first-order chi connectivity index (χ1) is 11.1. The molecule has 2 N–H and O–H groups in total. The van der Waals surface area contributed by atoms with Gasteiger partial charge in [0.25, 0.3) is 5.91 Å². The molecule has 2 aromatic rings. The number of fused-ring (bicyclic) bond motifs is 3. The first-order valence-corrected chi connectivity index (χ1v) is 6.88. The average molecular weight is 313 g/mol. The zero-order valence-corrected chi connectivity index (χ0v) is 12.9. The lowest BCUT2D eigenvalue weighted by molar-refractivity contribution is 0.0932. The molecule has 23 heavy (non-hydrogen) atoms. The highest BCUT2D eigenvalue weighted by Crippen LogP contribution is 2.36. The second-order valence-corrected chi connectivity index (χ2v) is 4.99. The van der Waals surface area contributed by atoms with E-state index in [4.69, 9.17) is 14.2 Å². The third-order valence-corrected chi connectivity index (χ3v) is 3.83. The predicted molar refractivity (Wildman–Crippen MR) is 82.2 cm³/mol. The maximum Gasteiger partial charge on any atom is 0.274 e. The Kier molecular flexibility index (Phi) is 3.58. The Morgan fingerprint density at radius 1 is 1.13 bits per heavy atom. The first-order valence-electron chi connectivity index (χ1n) is 6.88. The van der Waals surface area contributed by atoms with Crippen molar-refractivity contribution in [1.29, 1.82) is 5.26 Å². The van der Waals surface area contributed by atoms with Crippen LogP contribution in [0.25, 0.3) is 10.9 Å². The Morgan fingerprint density at radius 3 is 2.43 bits per heavy atom. The van der Waals surface area contributed by atoms with Gasteiger partial charge in [0.15, 0.2) is 11.5 Å². The molecule has 7 heteroatoms. The van der Waals surface area contributed by atoms with Gasteiger partial charge in [0.1, 0.15) is 11.8 Å². The molecule has 0 saturated carbocycles. The standard InChI is InChI=1S/C16H15N3O4/c1-21-12-5-9-10-4-8(7-17)16(23-3)19-15(20)14(10)18-11(9)6-13(12)22-2/h5-6,18H,4H2,1-3H3,(H,19,20). The van der Waals surface area contributed by atoms with Crippen LogP contribution >= 0.6 is 0 Å². The van der Waals surface area contributed by atoms with Crippen LogP contribution in [0.5, 0.6) is 11.5 Å². The van der Waals surface area contributed by atoms with Crippen molar-refractivity contribution in [3.63, 3.8) is 0 Å². The van der Waals surface area contributed by atoms with Crippen molar-refractivity contribution in [2.45, 2.75) is 6.42 Å². The van der Waals surface area contributed by atoms with Crippen LogP contribution in [0.3, 0.4) is 0 Å². The number of ether oxygens (including phenoxy) is 3. The Bertz CT molecular complexity index is 874. The van der Waals surface area contributed by atoms with Gasteiger partial charge in [-0.15, -0.1) is 0 Å². The summed E-state index contributed by atoms with van der Waals surface area (Å²) in [5.41, 5.74) is 2.22. The highest BCUT2D eigenvalue weighted by atomic mass is 16.5. The number of amides is 1. The molecule has 1 aromatic heterocycles. The summed E-state index contributed by atoms with van der Waals surface area (Å²) in [6.07, 6.45) is 0.281. The molecule has 7 nitrogen and oxygen atoms in total. The zero-order valence-electron chi connectivity index (χ0n) is 12.9. The molecule has 0 radical (unpaired) electrons. The Morgan fingerprint density at radius 2 is 1.83 bits per heavy atom. The number of hydrogen-bond donors (Lipinski definition) is 2. The number of aromatic amines is 1. The fourth-order valence-corrected chi connectivity index (χ4v) is 2.72. The van der Waals surface area contributed by atoms with E-state index < -0.39 is 0 Å². The van der Waals surface area contributed by atoms with Gasteiger partial charge in [-0.1, -0.05) is 0 Å². The number of nitriles is 1. The van der Waals surface area contributed by atoms with Crippen LogP contribution in [0.2, 0.25) is 0 Å². The summed E-state index contributed by atoms with van der Waals surface area (Å²) >= 11 is 0. The highest BCUT2D eigenvalue weighted by molar-refractivity contribution is 6.03. The zero-order chi connectivity index (χ0) is 16.6. The molecule has 1 aliphatic heterocycles. The molecule has 0 spiro atoms. The largest absolute Gasteiger partial charge is 0.493 e. The van der Waals surface area contributed by atoms with E-state index in [0.29, 0.717) is 22.8 Å². The fourth-order valence-electron chi connectivity index (χ4n) is 2.72. The average Bonchev–Trinajstić information content (AvgIpc) is 2.86. The van der Waals surface area contributed by atoms with Crippen LogP contribution in [-0.2, 0) is 11.2 Å². The number of nitrogens with one attached hydrogen (secondary N) is 2. The maximum absolute atomic E-state index is 12.4. The molecule has 1 aliphatic rings. The Hall–Kier alpha value is -3.14. The van der Waals surface area contributed by atoms with Crippen molar-refractivity contribution in [3.8, 4) is 17.6 Å².